The highest BCUT2D eigenvalue weighted by Crippen LogP contribution is 2.30. The Kier molecular flexibility index (Phi) is 1.87. The van der Waals surface area contributed by atoms with Crippen molar-refractivity contribution < 1.29 is 4.74 Å². The minimum absolute atomic E-state index is 0.0531. The van der Waals surface area contributed by atoms with Crippen LogP contribution in [0.4, 0.5) is 0 Å². The van der Waals surface area contributed by atoms with E-state index >= 15 is 0 Å². The lowest BCUT2D eigenvalue weighted by atomic mass is 9.95. The first-order chi connectivity index (χ1) is 5.79. The van der Waals surface area contributed by atoms with E-state index in [2.05, 4.69) is 19.1 Å². The monoisotopic (exact) mass is 163 g/mol. The van der Waals surface area contributed by atoms with Gasteiger partial charge in [0, 0.05) is 0 Å². The fraction of sp³-hybridized carbons (Fsp3) is 0.400. The molecule has 0 amide bonds. The van der Waals surface area contributed by atoms with Crippen LogP contribution in [0.1, 0.15) is 30.2 Å². The molecule has 1 heterocycles. The predicted molar refractivity (Wildman–Crippen MR) is 47.7 cm³/mol. The van der Waals surface area contributed by atoms with Crippen LogP contribution < -0.4 is 5.73 Å². The van der Waals surface area contributed by atoms with Crippen molar-refractivity contribution in [2.75, 3.05) is 6.61 Å². The van der Waals surface area contributed by atoms with Crippen molar-refractivity contribution in [3.63, 3.8) is 0 Å². The highest BCUT2D eigenvalue weighted by molar-refractivity contribution is 5.32. The van der Waals surface area contributed by atoms with Gasteiger partial charge in [-0.3, -0.25) is 0 Å². The van der Waals surface area contributed by atoms with E-state index in [1.165, 1.54) is 11.1 Å². The third kappa shape index (κ3) is 1.13. The lowest BCUT2D eigenvalue weighted by Crippen LogP contribution is -2.25. The Hall–Kier alpha value is -0.860. The third-order valence-corrected chi connectivity index (χ3v) is 2.36. The summed E-state index contributed by atoms with van der Waals surface area (Å²) in [6.45, 7) is 2.70. The quantitative estimate of drug-likeness (QED) is 0.632. The number of rotatable bonds is 0. The first-order valence-corrected chi connectivity index (χ1v) is 4.25. The van der Waals surface area contributed by atoms with Gasteiger partial charge in [0.15, 0.2) is 0 Å². The second-order valence-corrected chi connectivity index (χ2v) is 3.21. The van der Waals surface area contributed by atoms with Gasteiger partial charge in [0.05, 0.1) is 18.8 Å². The van der Waals surface area contributed by atoms with Crippen LogP contribution in [0.2, 0.25) is 0 Å². The molecule has 0 radical (unpaired) electrons. The molecule has 64 valence electrons. The largest absolute Gasteiger partial charge is 0.372 e. The van der Waals surface area contributed by atoms with Crippen molar-refractivity contribution in [1.82, 2.24) is 0 Å². The zero-order chi connectivity index (χ0) is 8.55. The molecule has 1 aromatic rings. The summed E-state index contributed by atoms with van der Waals surface area (Å²) in [5.41, 5.74) is 8.35. The predicted octanol–water partition coefficient (Wildman–Crippen LogP) is 1.78. The molecular weight excluding hydrogens is 150 g/mol. The second kappa shape index (κ2) is 2.88. The fourth-order valence-electron chi connectivity index (χ4n) is 1.65. The van der Waals surface area contributed by atoms with Crippen LogP contribution in [0, 0.1) is 0 Å². The molecule has 12 heavy (non-hydrogen) atoms. The standard InChI is InChI=1S/C10H13NO/c1-7-8-4-2-3-5-9(8)10(11)6-12-7/h2-5,7,10H,6,11H2,1H3/t7-,10-/m1/s1. The van der Waals surface area contributed by atoms with Gasteiger partial charge in [-0.15, -0.1) is 0 Å². The Morgan fingerprint density at radius 3 is 2.67 bits per heavy atom. The Balaban J connectivity index is 2.47. The molecule has 0 saturated heterocycles. The molecule has 2 rings (SSSR count). The molecule has 1 aromatic carbocycles. The van der Waals surface area contributed by atoms with Gasteiger partial charge < -0.3 is 10.5 Å². The zero-order valence-electron chi connectivity index (χ0n) is 7.16. The molecule has 0 saturated carbocycles. The van der Waals surface area contributed by atoms with E-state index in [0.29, 0.717) is 6.61 Å². The Labute approximate surface area is 72.3 Å². The van der Waals surface area contributed by atoms with Crippen molar-refractivity contribution >= 4 is 0 Å². The number of nitrogens with two attached hydrogens (primary N) is 1. The minimum atomic E-state index is 0.0531. The second-order valence-electron chi connectivity index (χ2n) is 3.21. The van der Waals surface area contributed by atoms with E-state index in [1.54, 1.807) is 0 Å². The molecule has 2 nitrogen and oxygen atoms in total. The van der Waals surface area contributed by atoms with Crippen molar-refractivity contribution in [2.24, 2.45) is 5.73 Å². The molecule has 0 unspecified atom stereocenters. The minimum Gasteiger partial charge on any atom is -0.372 e. The van der Waals surface area contributed by atoms with Gasteiger partial charge in [-0.05, 0) is 18.1 Å². The average Bonchev–Trinajstić information content (AvgIpc) is 2.12. The van der Waals surface area contributed by atoms with Gasteiger partial charge in [0.25, 0.3) is 0 Å². The van der Waals surface area contributed by atoms with Gasteiger partial charge in [-0.25, -0.2) is 0 Å². The van der Waals surface area contributed by atoms with Gasteiger partial charge in [-0.1, -0.05) is 24.3 Å². The highest BCUT2D eigenvalue weighted by Gasteiger charge is 2.21. The summed E-state index contributed by atoms with van der Waals surface area (Å²) >= 11 is 0. The topological polar surface area (TPSA) is 35.2 Å². The molecule has 0 aliphatic carbocycles. The van der Waals surface area contributed by atoms with Gasteiger partial charge >= 0.3 is 0 Å². The van der Waals surface area contributed by atoms with Crippen molar-refractivity contribution in [3.8, 4) is 0 Å². The normalized spacial score (nSPS) is 28.2. The molecule has 0 bridgehead atoms. The summed E-state index contributed by atoms with van der Waals surface area (Å²) in [6, 6.07) is 8.27. The van der Waals surface area contributed by atoms with Crippen LogP contribution in [0.25, 0.3) is 0 Å². The van der Waals surface area contributed by atoms with Crippen LogP contribution in [0.5, 0.6) is 0 Å². The first-order valence-electron chi connectivity index (χ1n) is 4.25. The highest BCUT2D eigenvalue weighted by atomic mass is 16.5. The Bertz CT molecular complexity index is 256. The summed E-state index contributed by atoms with van der Waals surface area (Å²) in [5.74, 6) is 0. The molecule has 2 heteroatoms. The number of fused-ring (bicyclic) bond motifs is 1. The van der Waals surface area contributed by atoms with E-state index in [4.69, 9.17) is 10.5 Å². The molecule has 0 fully saturated rings. The third-order valence-electron chi connectivity index (χ3n) is 2.36. The smallest absolute Gasteiger partial charge is 0.0801 e. The van der Waals surface area contributed by atoms with Crippen LogP contribution in [-0.2, 0) is 4.74 Å². The maximum absolute atomic E-state index is 5.88. The molecule has 0 aromatic heterocycles. The van der Waals surface area contributed by atoms with Crippen molar-refractivity contribution in [1.29, 1.82) is 0 Å². The molecule has 2 N–H and O–H groups in total. The fourth-order valence-corrected chi connectivity index (χ4v) is 1.65. The summed E-state index contributed by atoms with van der Waals surface area (Å²) in [4.78, 5) is 0. The Morgan fingerprint density at radius 2 is 2.00 bits per heavy atom. The summed E-state index contributed by atoms with van der Waals surface area (Å²) in [6.07, 6.45) is 0.195. The van der Waals surface area contributed by atoms with Crippen molar-refractivity contribution in [3.05, 3.63) is 35.4 Å². The van der Waals surface area contributed by atoms with E-state index in [-0.39, 0.29) is 12.1 Å². The summed E-state index contributed by atoms with van der Waals surface area (Å²) in [5, 5.41) is 0. The van der Waals surface area contributed by atoms with E-state index in [9.17, 15) is 0 Å². The van der Waals surface area contributed by atoms with Crippen LogP contribution >= 0.6 is 0 Å². The maximum atomic E-state index is 5.88. The van der Waals surface area contributed by atoms with Crippen LogP contribution in [0.15, 0.2) is 24.3 Å². The number of ether oxygens (including phenoxy) is 1. The van der Waals surface area contributed by atoms with Gasteiger partial charge in [-0.2, -0.15) is 0 Å². The summed E-state index contributed by atoms with van der Waals surface area (Å²) in [7, 11) is 0. The molecule has 1 aliphatic heterocycles. The Morgan fingerprint density at radius 1 is 1.33 bits per heavy atom. The number of hydrogen-bond acceptors (Lipinski definition) is 2. The average molecular weight is 163 g/mol. The first kappa shape index (κ1) is 7.77. The van der Waals surface area contributed by atoms with E-state index < -0.39 is 0 Å². The molecule has 2 atom stereocenters. The molecular formula is C10H13NO. The lowest BCUT2D eigenvalue weighted by Gasteiger charge is -2.27. The van der Waals surface area contributed by atoms with Gasteiger partial charge in [0.1, 0.15) is 0 Å². The molecule has 0 spiro atoms. The van der Waals surface area contributed by atoms with Crippen molar-refractivity contribution in [2.45, 2.75) is 19.1 Å². The number of hydrogen-bond donors (Lipinski definition) is 1. The zero-order valence-corrected chi connectivity index (χ0v) is 7.16. The van der Waals surface area contributed by atoms with Crippen LogP contribution in [-0.4, -0.2) is 6.61 Å². The van der Waals surface area contributed by atoms with E-state index in [1.807, 2.05) is 12.1 Å². The number of benzene rings is 1. The lowest BCUT2D eigenvalue weighted by molar-refractivity contribution is 0.0408. The molecule has 1 aliphatic rings. The summed E-state index contributed by atoms with van der Waals surface area (Å²) < 4.78 is 5.49. The SMILES string of the molecule is C[C@H]1OC[C@@H](N)c2ccccc21. The van der Waals surface area contributed by atoms with E-state index in [0.717, 1.165) is 0 Å². The maximum Gasteiger partial charge on any atom is 0.0801 e. The van der Waals surface area contributed by atoms with Gasteiger partial charge in [0.2, 0.25) is 0 Å². The van der Waals surface area contributed by atoms with Crippen LogP contribution in [0.3, 0.4) is 0 Å².